The van der Waals surface area contributed by atoms with Gasteiger partial charge in [0.2, 0.25) is 0 Å². The normalized spacial score (nSPS) is 16.5. The summed E-state index contributed by atoms with van der Waals surface area (Å²) in [7, 11) is 0. The van der Waals surface area contributed by atoms with Crippen LogP contribution in [0.1, 0.15) is 0 Å². The molecule has 0 radical (unpaired) electrons. The van der Waals surface area contributed by atoms with Gasteiger partial charge in [-0.1, -0.05) is 11.6 Å². The predicted molar refractivity (Wildman–Crippen MR) is 61.6 cm³/mol. The van der Waals surface area contributed by atoms with Gasteiger partial charge in [0.25, 0.3) is 0 Å². The molecule has 0 unspecified atom stereocenters. The topological polar surface area (TPSA) is 34.0 Å². The maximum absolute atomic E-state index is 5.86. The molecule has 1 aromatic carbocycles. The second-order valence-electron chi connectivity index (χ2n) is 3.26. The summed E-state index contributed by atoms with van der Waals surface area (Å²) >= 11 is 5.86. The van der Waals surface area contributed by atoms with Gasteiger partial charge in [-0.2, -0.15) is 0 Å². The van der Waals surface area contributed by atoms with Crippen molar-refractivity contribution >= 4 is 40.9 Å². The Labute approximate surface area is 91.1 Å². The van der Waals surface area contributed by atoms with E-state index in [1.807, 2.05) is 18.2 Å². The summed E-state index contributed by atoms with van der Waals surface area (Å²) < 4.78 is 5.51. The molecule has 4 heteroatoms. The molecule has 0 aromatic heterocycles. The zero-order valence-corrected chi connectivity index (χ0v) is 8.53. The van der Waals surface area contributed by atoms with Gasteiger partial charge >= 0.3 is 0 Å². The van der Waals surface area contributed by atoms with E-state index in [0.29, 0.717) is 11.8 Å². The van der Waals surface area contributed by atoms with Gasteiger partial charge in [0, 0.05) is 22.9 Å². The van der Waals surface area contributed by atoms with E-state index in [2.05, 4.69) is 9.98 Å². The summed E-state index contributed by atoms with van der Waals surface area (Å²) in [6.45, 7) is 0.497. The third-order valence-electron chi connectivity index (χ3n) is 2.34. The highest BCUT2D eigenvalue weighted by atomic mass is 35.5. The molecule has 2 aliphatic heterocycles. The Balaban J connectivity index is 2.40. The van der Waals surface area contributed by atoms with Crippen LogP contribution in [0.3, 0.4) is 0 Å². The van der Waals surface area contributed by atoms with Crippen molar-refractivity contribution in [2.24, 2.45) is 9.98 Å². The lowest BCUT2D eigenvalue weighted by molar-refractivity contribution is 0.378. The molecule has 0 fully saturated rings. The first-order chi connectivity index (χ1) is 7.34. The van der Waals surface area contributed by atoms with Crippen LogP contribution in [0.2, 0.25) is 0 Å². The van der Waals surface area contributed by atoms with E-state index < -0.39 is 0 Å². The third-order valence-corrected chi connectivity index (χ3v) is 2.53. The van der Waals surface area contributed by atoms with Gasteiger partial charge in [-0.25, -0.2) is 4.99 Å². The van der Waals surface area contributed by atoms with E-state index in [0.717, 1.165) is 21.9 Å². The number of benzene rings is 1. The molecule has 0 aliphatic carbocycles. The first-order valence-corrected chi connectivity index (χ1v) is 4.96. The summed E-state index contributed by atoms with van der Waals surface area (Å²) in [5, 5.41) is 2.43. The molecule has 0 amide bonds. The number of halogens is 1. The molecule has 0 bridgehead atoms. The van der Waals surface area contributed by atoms with Crippen molar-refractivity contribution in [3.8, 4) is 5.75 Å². The quantitative estimate of drug-likeness (QED) is 0.639. The molecule has 1 aromatic rings. The SMILES string of the molecule is ClC1=Nc2ccc3c(c2=C1)=CN=CCO3. The molecule has 0 saturated carbocycles. The number of hydrogen-bond acceptors (Lipinski definition) is 3. The first-order valence-electron chi connectivity index (χ1n) is 4.58. The van der Waals surface area contributed by atoms with E-state index in [1.54, 1.807) is 12.4 Å². The van der Waals surface area contributed by atoms with Crippen LogP contribution in [-0.2, 0) is 0 Å². The van der Waals surface area contributed by atoms with Crippen LogP contribution < -0.4 is 15.2 Å². The number of hydrogen-bond donors (Lipinski definition) is 0. The van der Waals surface area contributed by atoms with Gasteiger partial charge in [-0.3, -0.25) is 4.99 Å². The maximum Gasteiger partial charge on any atom is 0.130 e. The fraction of sp³-hybridized carbons (Fsp3) is 0.0909. The molecule has 74 valence electrons. The molecule has 3 rings (SSSR count). The van der Waals surface area contributed by atoms with Crippen LogP contribution in [-0.4, -0.2) is 18.0 Å². The lowest BCUT2D eigenvalue weighted by Crippen LogP contribution is -2.25. The molecule has 0 N–H and O–H groups in total. The van der Waals surface area contributed by atoms with E-state index in [4.69, 9.17) is 16.3 Å². The number of fused-ring (bicyclic) bond motifs is 3. The zero-order chi connectivity index (χ0) is 10.3. The predicted octanol–water partition coefficient (Wildman–Crippen LogP) is 0.951. The van der Waals surface area contributed by atoms with Crippen LogP contribution >= 0.6 is 11.6 Å². The number of nitrogens with zero attached hydrogens (tertiary/aromatic N) is 2. The average Bonchev–Trinajstić information content (AvgIpc) is 2.48. The molecular weight excluding hydrogens is 212 g/mol. The van der Waals surface area contributed by atoms with Crippen LogP contribution in [0.5, 0.6) is 5.75 Å². The lowest BCUT2D eigenvalue weighted by atomic mass is 10.2. The minimum Gasteiger partial charge on any atom is -0.487 e. The van der Waals surface area contributed by atoms with Gasteiger partial charge < -0.3 is 4.74 Å². The van der Waals surface area contributed by atoms with Crippen molar-refractivity contribution in [3.05, 3.63) is 22.6 Å². The van der Waals surface area contributed by atoms with E-state index in [9.17, 15) is 0 Å². The average molecular weight is 219 g/mol. The summed E-state index contributed by atoms with van der Waals surface area (Å²) in [6.07, 6.45) is 5.34. The van der Waals surface area contributed by atoms with Gasteiger partial charge in [0.05, 0.1) is 5.69 Å². The lowest BCUT2D eigenvalue weighted by Gasteiger charge is -2.02. The Morgan fingerprint density at radius 2 is 2.20 bits per heavy atom. The van der Waals surface area contributed by atoms with E-state index in [-0.39, 0.29) is 0 Å². The van der Waals surface area contributed by atoms with E-state index >= 15 is 0 Å². The maximum atomic E-state index is 5.86. The Bertz CT molecular complexity index is 602. The zero-order valence-electron chi connectivity index (χ0n) is 7.77. The minimum atomic E-state index is 0.497. The highest BCUT2D eigenvalue weighted by Gasteiger charge is 2.09. The molecule has 2 heterocycles. The van der Waals surface area contributed by atoms with Crippen LogP contribution in [0, 0.1) is 0 Å². The summed E-state index contributed by atoms with van der Waals surface area (Å²) in [6, 6.07) is 3.80. The Morgan fingerprint density at radius 1 is 1.27 bits per heavy atom. The second kappa shape index (κ2) is 3.21. The van der Waals surface area contributed by atoms with Gasteiger partial charge in [-0.05, 0) is 18.2 Å². The number of ether oxygens (including phenoxy) is 1. The van der Waals surface area contributed by atoms with Crippen molar-refractivity contribution < 1.29 is 4.74 Å². The largest absolute Gasteiger partial charge is 0.487 e. The molecule has 0 saturated heterocycles. The van der Waals surface area contributed by atoms with Crippen molar-refractivity contribution in [1.29, 1.82) is 0 Å². The van der Waals surface area contributed by atoms with Crippen molar-refractivity contribution in [3.63, 3.8) is 0 Å². The highest BCUT2D eigenvalue weighted by molar-refractivity contribution is 6.73. The van der Waals surface area contributed by atoms with Crippen molar-refractivity contribution in [1.82, 2.24) is 0 Å². The highest BCUT2D eigenvalue weighted by Crippen LogP contribution is 2.14. The van der Waals surface area contributed by atoms with Crippen molar-refractivity contribution in [2.75, 3.05) is 6.61 Å². The van der Waals surface area contributed by atoms with Crippen molar-refractivity contribution in [2.45, 2.75) is 0 Å². The minimum absolute atomic E-state index is 0.497. The molecule has 0 atom stereocenters. The Kier molecular flexibility index (Phi) is 1.86. The smallest absolute Gasteiger partial charge is 0.130 e. The summed E-state index contributed by atoms with van der Waals surface area (Å²) in [4.78, 5) is 8.32. The van der Waals surface area contributed by atoms with E-state index in [1.165, 1.54) is 0 Å². The first kappa shape index (κ1) is 8.68. The standard InChI is InChI=1S/C11H7ClN2O/c12-11-5-7-8-6-13-3-4-15-10(8)2-1-9(7)14-11/h1-3,5-6H,4H2. The molecule has 15 heavy (non-hydrogen) atoms. The van der Waals surface area contributed by atoms with Crippen LogP contribution in [0.25, 0.3) is 12.3 Å². The number of rotatable bonds is 0. The monoisotopic (exact) mass is 218 g/mol. The fourth-order valence-electron chi connectivity index (χ4n) is 1.68. The fourth-order valence-corrected chi connectivity index (χ4v) is 1.88. The summed E-state index contributed by atoms with van der Waals surface area (Å²) in [5.74, 6) is 0.823. The molecule has 3 nitrogen and oxygen atoms in total. The van der Waals surface area contributed by atoms with Gasteiger partial charge in [0.15, 0.2) is 0 Å². The van der Waals surface area contributed by atoms with Crippen LogP contribution in [0.15, 0.2) is 22.1 Å². The van der Waals surface area contributed by atoms with Gasteiger partial charge in [0.1, 0.15) is 17.5 Å². The van der Waals surface area contributed by atoms with Gasteiger partial charge in [-0.15, -0.1) is 0 Å². The Morgan fingerprint density at radius 3 is 3.13 bits per heavy atom. The third kappa shape index (κ3) is 1.36. The second-order valence-corrected chi connectivity index (χ2v) is 3.65. The molecule has 2 aliphatic rings. The Hall–Kier alpha value is -1.61. The number of aliphatic imine (C=N–C) groups is 2. The summed E-state index contributed by atoms with van der Waals surface area (Å²) in [5.41, 5.74) is 0.871. The van der Waals surface area contributed by atoms with Crippen LogP contribution in [0.4, 0.5) is 5.69 Å². The molecular formula is C11H7ClN2O. The molecule has 0 spiro atoms.